The van der Waals surface area contributed by atoms with E-state index in [-0.39, 0.29) is 0 Å². The minimum Gasteiger partial charge on any atom is -0.312 e. The van der Waals surface area contributed by atoms with Crippen molar-refractivity contribution in [3.05, 3.63) is 34.9 Å². The molecular formula is C12H11NO. The molecule has 0 atom stereocenters. The van der Waals surface area contributed by atoms with E-state index in [0.29, 0.717) is 6.29 Å². The highest BCUT2D eigenvalue weighted by molar-refractivity contribution is 5.74. The first-order chi connectivity index (χ1) is 6.90. The van der Waals surface area contributed by atoms with Gasteiger partial charge in [0.2, 0.25) is 0 Å². The molecule has 0 aliphatic carbocycles. The maximum absolute atomic E-state index is 10.1. The lowest BCUT2D eigenvalue weighted by molar-refractivity contribution is -0.103. The maximum Gasteiger partial charge on any atom is 0.193 e. The van der Waals surface area contributed by atoms with Gasteiger partial charge < -0.3 is 5.32 Å². The quantitative estimate of drug-likeness (QED) is 0.480. The predicted octanol–water partition coefficient (Wildman–Crippen LogP) is 0.883. The average Bonchev–Trinajstić information content (AvgIpc) is 2.26. The molecule has 0 saturated carbocycles. The van der Waals surface area contributed by atoms with Crippen molar-refractivity contribution < 1.29 is 4.79 Å². The molecule has 0 fully saturated rings. The molecule has 1 aliphatic heterocycles. The third-order valence-corrected chi connectivity index (χ3v) is 2.37. The van der Waals surface area contributed by atoms with Crippen LogP contribution >= 0.6 is 0 Å². The number of rotatable bonds is 0. The molecular weight excluding hydrogens is 174 g/mol. The monoisotopic (exact) mass is 185 g/mol. The number of aldehydes is 1. The van der Waals surface area contributed by atoms with E-state index in [9.17, 15) is 4.79 Å². The molecule has 1 N–H and O–H groups in total. The molecule has 0 spiro atoms. The second-order valence-corrected chi connectivity index (χ2v) is 3.30. The van der Waals surface area contributed by atoms with Crippen LogP contribution < -0.4 is 5.32 Å². The molecule has 0 bridgehead atoms. The molecule has 0 saturated heterocycles. The molecule has 2 rings (SSSR count). The molecule has 0 amide bonds. The summed E-state index contributed by atoms with van der Waals surface area (Å²) >= 11 is 0. The van der Waals surface area contributed by atoms with Crippen LogP contribution in [0.25, 0.3) is 0 Å². The molecule has 2 heteroatoms. The van der Waals surface area contributed by atoms with Crippen LogP contribution in [-0.2, 0) is 17.8 Å². The van der Waals surface area contributed by atoms with Gasteiger partial charge in [-0.3, -0.25) is 4.79 Å². The van der Waals surface area contributed by atoms with Crippen LogP contribution in [0.2, 0.25) is 0 Å². The smallest absolute Gasteiger partial charge is 0.193 e. The molecule has 14 heavy (non-hydrogen) atoms. The Bertz CT molecular complexity index is 412. The first kappa shape index (κ1) is 8.98. The molecule has 2 nitrogen and oxygen atoms in total. The third kappa shape index (κ3) is 1.84. The van der Waals surface area contributed by atoms with Gasteiger partial charge in [-0.2, -0.15) is 0 Å². The largest absolute Gasteiger partial charge is 0.312 e. The van der Waals surface area contributed by atoms with Crippen LogP contribution in [0.15, 0.2) is 18.2 Å². The van der Waals surface area contributed by atoms with E-state index in [1.54, 1.807) is 0 Å². The van der Waals surface area contributed by atoms with Gasteiger partial charge in [0, 0.05) is 12.1 Å². The van der Waals surface area contributed by atoms with Gasteiger partial charge in [-0.05, 0) is 42.1 Å². The van der Waals surface area contributed by atoms with Crippen molar-refractivity contribution in [2.45, 2.75) is 13.0 Å². The first-order valence-electron chi connectivity index (χ1n) is 4.68. The Labute approximate surface area is 83.3 Å². The molecule has 0 unspecified atom stereocenters. The topological polar surface area (TPSA) is 29.1 Å². The first-order valence-corrected chi connectivity index (χ1v) is 4.68. The summed E-state index contributed by atoms with van der Waals surface area (Å²) in [5, 5.41) is 3.31. The van der Waals surface area contributed by atoms with Gasteiger partial charge in [-0.15, -0.1) is 0 Å². The van der Waals surface area contributed by atoms with Crippen molar-refractivity contribution in [3.8, 4) is 11.8 Å². The number of hydrogen-bond donors (Lipinski definition) is 1. The molecule has 1 heterocycles. The van der Waals surface area contributed by atoms with Gasteiger partial charge in [0.05, 0.1) is 0 Å². The zero-order valence-corrected chi connectivity index (χ0v) is 7.84. The normalized spacial score (nSPS) is 13.7. The van der Waals surface area contributed by atoms with Gasteiger partial charge >= 0.3 is 0 Å². The van der Waals surface area contributed by atoms with Gasteiger partial charge in [-0.25, -0.2) is 0 Å². The van der Waals surface area contributed by atoms with E-state index >= 15 is 0 Å². The van der Waals surface area contributed by atoms with Crippen LogP contribution in [0.5, 0.6) is 0 Å². The van der Waals surface area contributed by atoms with Gasteiger partial charge in [0.25, 0.3) is 0 Å². The summed E-state index contributed by atoms with van der Waals surface area (Å²) in [5.41, 5.74) is 3.61. The van der Waals surface area contributed by atoms with Crippen LogP contribution in [0.1, 0.15) is 16.7 Å². The summed E-state index contributed by atoms with van der Waals surface area (Å²) in [6.07, 6.45) is 1.70. The number of nitrogens with one attached hydrogen (secondary N) is 1. The van der Waals surface area contributed by atoms with E-state index in [4.69, 9.17) is 0 Å². The summed E-state index contributed by atoms with van der Waals surface area (Å²) in [5.74, 6) is 5.22. The standard InChI is InChI=1S/C12H11NO/c14-7-1-2-10-3-4-11-5-6-13-9-12(11)8-10/h3-4,7-8,13H,5-6,9H2. The van der Waals surface area contributed by atoms with Crippen molar-refractivity contribution in [1.29, 1.82) is 0 Å². The fraction of sp³-hybridized carbons (Fsp3) is 0.250. The molecule has 1 aromatic carbocycles. The van der Waals surface area contributed by atoms with E-state index in [1.165, 1.54) is 11.1 Å². The maximum atomic E-state index is 10.1. The SMILES string of the molecule is O=CC#Cc1ccc2c(c1)CNCC2. The fourth-order valence-electron chi connectivity index (χ4n) is 1.67. The molecule has 70 valence electrons. The fourth-order valence-corrected chi connectivity index (χ4v) is 1.67. The Balaban J connectivity index is 2.33. The van der Waals surface area contributed by atoms with Crippen molar-refractivity contribution in [2.75, 3.05) is 6.54 Å². The summed E-state index contributed by atoms with van der Waals surface area (Å²) in [4.78, 5) is 10.1. The molecule has 0 radical (unpaired) electrons. The summed E-state index contributed by atoms with van der Waals surface area (Å²) < 4.78 is 0. The van der Waals surface area contributed by atoms with Gasteiger partial charge in [0.1, 0.15) is 0 Å². The Morgan fingerprint density at radius 2 is 2.29 bits per heavy atom. The van der Waals surface area contributed by atoms with Crippen molar-refractivity contribution in [2.24, 2.45) is 0 Å². The van der Waals surface area contributed by atoms with Gasteiger partial charge in [-0.1, -0.05) is 12.0 Å². The lowest BCUT2D eigenvalue weighted by atomic mass is 9.99. The number of carbonyl (C=O) groups excluding carboxylic acids is 1. The number of hydrogen-bond acceptors (Lipinski definition) is 2. The van der Waals surface area contributed by atoms with Crippen molar-refractivity contribution in [3.63, 3.8) is 0 Å². The van der Waals surface area contributed by atoms with E-state index in [0.717, 1.165) is 25.1 Å². The van der Waals surface area contributed by atoms with Crippen LogP contribution in [-0.4, -0.2) is 12.8 Å². The van der Waals surface area contributed by atoms with E-state index < -0.39 is 0 Å². The van der Waals surface area contributed by atoms with Crippen LogP contribution in [0.4, 0.5) is 0 Å². The van der Waals surface area contributed by atoms with Crippen LogP contribution in [0.3, 0.4) is 0 Å². The van der Waals surface area contributed by atoms with E-state index in [1.807, 2.05) is 6.07 Å². The Kier molecular flexibility index (Phi) is 2.62. The zero-order chi connectivity index (χ0) is 9.80. The Morgan fingerprint density at radius 3 is 3.14 bits per heavy atom. The van der Waals surface area contributed by atoms with E-state index in [2.05, 4.69) is 29.3 Å². The Hall–Kier alpha value is -1.59. The van der Waals surface area contributed by atoms with Crippen molar-refractivity contribution in [1.82, 2.24) is 5.32 Å². The van der Waals surface area contributed by atoms with Crippen LogP contribution in [0, 0.1) is 11.8 Å². The third-order valence-electron chi connectivity index (χ3n) is 2.37. The lowest BCUT2D eigenvalue weighted by Crippen LogP contribution is -2.23. The van der Waals surface area contributed by atoms with Crippen molar-refractivity contribution >= 4 is 6.29 Å². The molecule has 1 aromatic rings. The zero-order valence-electron chi connectivity index (χ0n) is 7.84. The highest BCUT2D eigenvalue weighted by Crippen LogP contribution is 2.15. The lowest BCUT2D eigenvalue weighted by Gasteiger charge is -2.16. The summed E-state index contributed by atoms with van der Waals surface area (Å²) in [7, 11) is 0. The Morgan fingerprint density at radius 1 is 1.36 bits per heavy atom. The number of benzene rings is 1. The number of carbonyl (C=O) groups is 1. The minimum absolute atomic E-state index is 0.623. The summed E-state index contributed by atoms with van der Waals surface area (Å²) in [6, 6.07) is 6.13. The second kappa shape index (κ2) is 4.08. The highest BCUT2D eigenvalue weighted by atomic mass is 16.1. The number of fused-ring (bicyclic) bond motifs is 1. The van der Waals surface area contributed by atoms with Gasteiger partial charge in [0.15, 0.2) is 6.29 Å². The average molecular weight is 185 g/mol. The second-order valence-electron chi connectivity index (χ2n) is 3.30. The molecule has 1 aliphatic rings. The minimum atomic E-state index is 0.623. The molecule has 0 aromatic heterocycles. The highest BCUT2D eigenvalue weighted by Gasteiger charge is 2.07. The summed E-state index contributed by atoms with van der Waals surface area (Å²) in [6.45, 7) is 1.96. The predicted molar refractivity (Wildman–Crippen MR) is 54.8 cm³/mol.